The van der Waals surface area contributed by atoms with E-state index in [1.807, 2.05) is 72.9 Å². The fourth-order valence-electron chi connectivity index (χ4n) is 9.16. The SMILES string of the molecule is CCCCC(CC)Cn1c2ccc(N(c3ccc(C)cc3)c3ccc(/C=N/N(C)c4ccccc4)cc3)cc2c2cc(N(c3ccc(C)cc3)c3ccc(/C=N/N(C)c4ccccc4)cc3)ccc21. The Labute approximate surface area is 408 Å². The Balaban J connectivity index is 1.14. The van der Waals surface area contributed by atoms with Crippen molar-refractivity contribution in [2.45, 2.75) is 59.9 Å². The van der Waals surface area contributed by atoms with Crippen LogP contribution in [0.3, 0.4) is 0 Å². The van der Waals surface area contributed by atoms with Gasteiger partial charge in [0.25, 0.3) is 0 Å². The molecule has 1 aromatic heterocycles. The van der Waals surface area contributed by atoms with Crippen molar-refractivity contribution in [1.29, 1.82) is 0 Å². The monoisotopic (exact) mass is 906 g/mol. The maximum atomic E-state index is 4.74. The van der Waals surface area contributed by atoms with Crippen molar-refractivity contribution in [2.75, 3.05) is 33.9 Å². The zero-order chi connectivity index (χ0) is 47.7. The van der Waals surface area contributed by atoms with Gasteiger partial charge in [0.2, 0.25) is 0 Å². The summed E-state index contributed by atoms with van der Waals surface area (Å²) in [6, 6.07) is 69.6. The van der Waals surface area contributed by atoms with Gasteiger partial charge in [0, 0.05) is 76.6 Å². The third-order valence-electron chi connectivity index (χ3n) is 13.2. The second kappa shape index (κ2) is 21.4. The fraction of sp³-hybridized carbons (Fsp3) is 0.194. The molecule has 1 unspecified atom stereocenters. The fourth-order valence-corrected chi connectivity index (χ4v) is 9.16. The van der Waals surface area contributed by atoms with Gasteiger partial charge in [0.15, 0.2) is 0 Å². The molecule has 0 N–H and O–H groups in total. The van der Waals surface area contributed by atoms with Crippen LogP contribution in [0.25, 0.3) is 21.8 Å². The molecule has 8 aromatic carbocycles. The van der Waals surface area contributed by atoms with E-state index in [0.717, 1.165) is 69.6 Å². The quantitative estimate of drug-likeness (QED) is 0.0635. The number of para-hydroxylation sites is 2. The Hall–Kier alpha value is -7.90. The lowest BCUT2D eigenvalue weighted by molar-refractivity contribution is 0.401. The van der Waals surface area contributed by atoms with Gasteiger partial charge in [-0.05, 0) is 147 Å². The molecule has 0 aliphatic carbocycles. The summed E-state index contributed by atoms with van der Waals surface area (Å²) in [7, 11) is 3.95. The highest BCUT2D eigenvalue weighted by molar-refractivity contribution is 6.11. The number of hydrogen-bond donors (Lipinski definition) is 0. The van der Waals surface area contributed by atoms with Crippen molar-refractivity contribution >= 4 is 79.7 Å². The number of nitrogens with zero attached hydrogens (tertiary/aromatic N) is 7. The number of fused-ring (bicyclic) bond motifs is 3. The van der Waals surface area contributed by atoms with Crippen LogP contribution in [0.4, 0.5) is 45.5 Å². The molecule has 0 bridgehead atoms. The highest BCUT2D eigenvalue weighted by atomic mass is 15.4. The first-order chi connectivity index (χ1) is 33.8. The Morgan fingerprint density at radius 3 is 1.20 bits per heavy atom. The number of benzene rings is 8. The summed E-state index contributed by atoms with van der Waals surface area (Å²) in [5.74, 6) is 0.584. The van der Waals surface area contributed by atoms with Crippen LogP contribution < -0.4 is 19.8 Å². The largest absolute Gasteiger partial charge is 0.340 e. The minimum atomic E-state index is 0.584. The molecule has 0 aliphatic heterocycles. The van der Waals surface area contributed by atoms with Gasteiger partial charge in [0.1, 0.15) is 0 Å². The molecule has 0 spiro atoms. The molecule has 7 heteroatoms. The van der Waals surface area contributed by atoms with Crippen molar-refractivity contribution < 1.29 is 0 Å². The third kappa shape index (κ3) is 10.6. The van der Waals surface area contributed by atoms with Gasteiger partial charge in [0.05, 0.1) is 23.8 Å². The predicted octanol–water partition coefficient (Wildman–Crippen LogP) is 16.5. The van der Waals surface area contributed by atoms with Crippen molar-refractivity contribution in [2.24, 2.45) is 16.1 Å². The molecule has 1 atom stereocenters. The van der Waals surface area contributed by atoms with Gasteiger partial charge in [-0.25, -0.2) is 0 Å². The minimum Gasteiger partial charge on any atom is -0.340 e. The van der Waals surface area contributed by atoms with Crippen LogP contribution in [0.1, 0.15) is 61.8 Å². The first-order valence-electron chi connectivity index (χ1n) is 24.4. The van der Waals surface area contributed by atoms with Crippen LogP contribution >= 0.6 is 0 Å². The zero-order valence-corrected chi connectivity index (χ0v) is 40.9. The van der Waals surface area contributed by atoms with Crippen LogP contribution in [-0.2, 0) is 6.54 Å². The summed E-state index contributed by atoms with van der Waals surface area (Å²) in [5.41, 5.74) is 15.7. The maximum absolute atomic E-state index is 4.74. The number of unbranched alkanes of at least 4 members (excludes halogenated alkanes) is 1. The molecule has 0 saturated heterocycles. The Bertz CT molecular complexity index is 2930. The molecule has 0 saturated carbocycles. The number of hydrazone groups is 2. The average molecular weight is 906 g/mol. The second-order valence-electron chi connectivity index (χ2n) is 18.2. The van der Waals surface area contributed by atoms with E-state index < -0.39 is 0 Å². The van der Waals surface area contributed by atoms with E-state index in [1.54, 1.807) is 0 Å². The van der Waals surface area contributed by atoms with Gasteiger partial charge in [-0.15, -0.1) is 0 Å². The summed E-state index contributed by atoms with van der Waals surface area (Å²) < 4.78 is 2.59. The molecule has 0 radical (unpaired) electrons. The lowest BCUT2D eigenvalue weighted by atomic mass is 9.99. The second-order valence-corrected chi connectivity index (χ2v) is 18.2. The predicted molar refractivity (Wildman–Crippen MR) is 296 cm³/mol. The summed E-state index contributed by atoms with van der Waals surface area (Å²) >= 11 is 0. The molecule has 0 amide bonds. The van der Waals surface area contributed by atoms with Gasteiger partial charge in [-0.1, -0.05) is 129 Å². The molecule has 7 nitrogen and oxygen atoms in total. The van der Waals surface area contributed by atoms with E-state index in [9.17, 15) is 0 Å². The van der Waals surface area contributed by atoms with Gasteiger partial charge < -0.3 is 14.4 Å². The molecule has 346 valence electrons. The molecule has 1 heterocycles. The van der Waals surface area contributed by atoms with E-state index in [0.29, 0.717) is 5.92 Å². The van der Waals surface area contributed by atoms with Crippen LogP contribution in [0.5, 0.6) is 0 Å². The lowest BCUT2D eigenvalue weighted by Crippen LogP contribution is -2.11. The van der Waals surface area contributed by atoms with Crippen molar-refractivity contribution in [1.82, 2.24) is 4.57 Å². The van der Waals surface area contributed by atoms with Crippen LogP contribution in [0, 0.1) is 19.8 Å². The van der Waals surface area contributed by atoms with Crippen LogP contribution in [0.2, 0.25) is 0 Å². The molecular weight excluding hydrogens is 843 g/mol. The highest BCUT2D eigenvalue weighted by Crippen LogP contribution is 2.42. The maximum Gasteiger partial charge on any atom is 0.0590 e. The van der Waals surface area contributed by atoms with Crippen LogP contribution in [0.15, 0.2) is 204 Å². The highest BCUT2D eigenvalue weighted by Gasteiger charge is 2.21. The summed E-state index contributed by atoms with van der Waals surface area (Å²) in [4.78, 5) is 4.75. The minimum absolute atomic E-state index is 0.584. The van der Waals surface area contributed by atoms with Crippen molar-refractivity contribution in [3.05, 3.63) is 216 Å². The summed E-state index contributed by atoms with van der Waals surface area (Å²) in [6.07, 6.45) is 8.65. The molecule has 9 aromatic rings. The Morgan fingerprint density at radius 1 is 0.449 bits per heavy atom. The Morgan fingerprint density at radius 2 is 0.826 bits per heavy atom. The Kier molecular flexibility index (Phi) is 14.3. The number of rotatable bonds is 18. The molecule has 69 heavy (non-hydrogen) atoms. The number of anilines is 8. The number of hydrogen-bond acceptors (Lipinski definition) is 6. The van der Waals surface area contributed by atoms with Crippen molar-refractivity contribution in [3.8, 4) is 0 Å². The van der Waals surface area contributed by atoms with E-state index in [2.05, 4.69) is 200 Å². The van der Waals surface area contributed by atoms with Crippen molar-refractivity contribution in [3.63, 3.8) is 0 Å². The number of aromatic nitrogens is 1. The smallest absolute Gasteiger partial charge is 0.0590 e. The topological polar surface area (TPSA) is 42.6 Å². The standard InChI is InChI=1S/C62H63N7/c1-7-9-16-48(8-2)45-67-61-39-37-57(68(53-29-21-46(3)22-30-53)55-33-25-49(26-34-55)43-63-65(5)51-17-12-10-13-18-51)41-59(61)60-42-58(38-40-62(60)67)69(54-31-23-47(4)24-32-54)56-35-27-50(28-36-56)44-64-66(6)52-19-14-11-15-20-52/h10-15,17-44,48H,7-9,16,45H2,1-6H3/b63-43+,64-44+. The zero-order valence-electron chi connectivity index (χ0n) is 40.9. The molecular formula is C62H63N7. The molecule has 0 aliphatic rings. The number of aryl methyl sites for hydroxylation is 2. The van der Waals surface area contributed by atoms with Gasteiger partial charge in [-0.2, -0.15) is 10.2 Å². The van der Waals surface area contributed by atoms with E-state index in [1.165, 1.54) is 52.2 Å². The van der Waals surface area contributed by atoms with E-state index in [-0.39, 0.29) is 0 Å². The lowest BCUT2D eigenvalue weighted by Gasteiger charge is -2.26. The average Bonchev–Trinajstić information content (AvgIpc) is 3.70. The van der Waals surface area contributed by atoms with Gasteiger partial charge in [-0.3, -0.25) is 10.0 Å². The van der Waals surface area contributed by atoms with Crippen LogP contribution in [-0.4, -0.2) is 31.1 Å². The summed E-state index contributed by atoms with van der Waals surface area (Å²) in [5, 5.41) is 15.8. The van der Waals surface area contributed by atoms with E-state index >= 15 is 0 Å². The first kappa shape index (κ1) is 46.2. The third-order valence-corrected chi connectivity index (χ3v) is 13.2. The van der Waals surface area contributed by atoms with Gasteiger partial charge >= 0.3 is 0 Å². The normalized spacial score (nSPS) is 12.0. The summed E-state index contributed by atoms with van der Waals surface area (Å²) in [6.45, 7) is 9.91. The molecule has 0 fully saturated rings. The van der Waals surface area contributed by atoms with E-state index in [4.69, 9.17) is 10.2 Å². The first-order valence-corrected chi connectivity index (χ1v) is 24.4. The molecule has 9 rings (SSSR count).